The summed E-state index contributed by atoms with van der Waals surface area (Å²) < 4.78 is 0. The molecule has 0 amide bonds. The molecule has 1 aromatic heterocycles. The van der Waals surface area contributed by atoms with Crippen LogP contribution in [0.25, 0.3) is 0 Å². The van der Waals surface area contributed by atoms with Gasteiger partial charge in [-0.1, -0.05) is 24.3 Å². The molecule has 4 nitrogen and oxygen atoms in total. The first-order chi connectivity index (χ1) is 10.3. The van der Waals surface area contributed by atoms with Crippen molar-refractivity contribution in [1.82, 2.24) is 5.32 Å². The number of benzene rings is 1. The van der Waals surface area contributed by atoms with E-state index in [0.717, 1.165) is 26.1 Å². The molecule has 0 aliphatic carbocycles. The molecule has 112 valence electrons. The Morgan fingerprint density at radius 1 is 1.24 bits per heavy atom. The Bertz CT molecular complexity index is 537. The van der Waals surface area contributed by atoms with Gasteiger partial charge in [0.1, 0.15) is 0 Å². The lowest BCUT2D eigenvalue weighted by molar-refractivity contribution is 0.811. The van der Waals surface area contributed by atoms with Gasteiger partial charge in [0.15, 0.2) is 5.96 Å². The molecule has 1 heterocycles. The number of nitrogens with two attached hydrogens (primary N) is 1. The fourth-order valence-electron chi connectivity index (χ4n) is 1.96. The number of nitrogens with one attached hydrogen (secondary N) is 1. The molecule has 0 saturated carbocycles. The highest BCUT2D eigenvalue weighted by Gasteiger charge is 1.99. The number of para-hydroxylation sites is 1. The van der Waals surface area contributed by atoms with Crippen LogP contribution in [0.1, 0.15) is 4.88 Å². The molecular formula is C16H22N4S. The van der Waals surface area contributed by atoms with E-state index in [9.17, 15) is 0 Å². The summed E-state index contributed by atoms with van der Waals surface area (Å²) in [5.74, 6) is 0.521. The molecule has 0 aliphatic heterocycles. The number of guanidine groups is 1. The topological polar surface area (TPSA) is 53.6 Å². The van der Waals surface area contributed by atoms with Gasteiger partial charge in [0.2, 0.25) is 0 Å². The maximum atomic E-state index is 5.86. The van der Waals surface area contributed by atoms with E-state index in [-0.39, 0.29) is 0 Å². The molecule has 2 aromatic rings. The zero-order valence-electron chi connectivity index (χ0n) is 12.3. The van der Waals surface area contributed by atoms with Crippen molar-refractivity contribution in [2.45, 2.75) is 6.42 Å². The van der Waals surface area contributed by atoms with Crippen LogP contribution in [0.3, 0.4) is 0 Å². The van der Waals surface area contributed by atoms with E-state index in [1.165, 1.54) is 10.6 Å². The summed E-state index contributed by atoms with van der Waals surface area (Å²) in [6, 6.07) is 14.5. The van der Waals surface area contributed by atoms with Crippen molar-refractivity contribution in [3.05, 3.63) is 52.7 Å². The lowest BCUT2D eigenvalue weighted by Crippen LogP contribution is -2.37. The lowest BCUT2D eigenvalue weighted by atomic mass is 10.3. The molecule has 21 heavy (non-hydrogen) atoms. The maximum absolute atomic E-state index is 5.86. The van der Waals surface area contributed by atoms with Crippen LogP contribution in [0.4, 0.5) is 5.69 Å². The zero-order chi connectivity index (χ0) is 14.9. The van der Waals surface area contributed by atoms with Crippen molar-refractivity contribution in [2.75, 3.05) is 31.6 Å². The molecule has 2 rings (SSSR count). The van der Waals surface area contributed by atoms with Gasteiger partial charge >= 0.3 is 0 Å². The minimum absolute atomic E-state index is 0.521. The molecule has 0 fully saturated rings. The van der Waals surface area contributed by atoms with Crippen LogP contribution in [0.5, 0.6) is 0 Å². The van der Waals surface area contributed by atoms with E-state index in [2.05, 4.69) is 51.9 Å². The summed E-state index contributed by atoms with van der Waals surface area (Å²) in [7, 11) is 2.07. The third-order valence-corrected chi connectivity index (χ3v) is 4.11. The van der Waals surface area contributed by atoms with Gasteiger partial charge in [0, 0.05) is 43.7 Å². The Morgan fingerprint density at radius 3 is 2.76 bits per heavy atom. The quantitative estimate of drug-likeness (QED) is 0.610. The van der Waals surface area contributed by atoms with Crippen molar-refractivity contribution >= 4 is 23.0 Å². The SMILES string of the molecule is CN(CCNC(N)=NCCc1cccs1)c1ccccc1. The summed E-state index contributed by atoms with van der Waals surface area (Å²) in [5.41, 5.74) is 7.06. The second kappa shape index (κ2) is 8.32. The molecule has 0 aliphatic rings. The fourth-order valence-corrected chi connectivity index (χ4v) is 2.66. The molecule has 0 atom stereocenters. The van der Waals surface area contributed by atoms with E-state index in [4.69, 9.17) is 5.73 Å². The summed E-state index contributed by atoms with van der Waals surface area (Å²) in [5, 5.41) is 5.24. The average Bonchev–Trinajstić information content (AvgIpc) is 3.01. The first-order valence-electron chi connectivity index (χ1n) is 7.08. The first kappa shape index (κ1) is 15.4. The third kappa shape index (κ3) is 5.47. The van der Waals surface area contributed by atoms with Crippen molar-refractivity contribution in [3.63, 3.8) is 0 Å². The smallest absolute Gasteiger partial charge is 0.188 e. The highest BCUT2D eigenvalue weighted by molar-refractivity contribution is 7.09. The van der Waals surface area contributed by atoms with Crippen LogP contribution in [0.15, 0.2) is 52.8 Å². The van der Waals surface area contributed by atoms with Crippen LogP contribution >= 0.6 is 11.3 Å². The van der Waals surface area contributed by atoms with Gasteiger partial charge in [-0.25, -0.2) is 0 Å². The second-order valence-electron chi connectivity index (χ2n) is 4.78. The zero-order valence-corrected chi connectivity index (χ0v) is 13.1. The molecule has 0 unspecified atom stereocenters. The van der Waals surface area contributed by atoms with E-state index in [1.807, 2.05) is 18.2 Å². The van der Waals surface area contributed by atoms with Crippen molar-refractivity contribution in [2.24, 2.45) is 10.7 Å². The fraction of sp³-hybridized carbons (Fsp3) is 0.312. The molecule has 0 spiro atoms. The summed E-state index contributed by atoms with van der Waals surface area (Å²) >= 11 is 1.76. The highest BCUT2D eigenvalue weighted by Crippen LogP contribution is 2.10. The number of anilines is 1. The predicted octanol–water partition coefficient (Wildman–Crippen LogP) is 2.33. The van der Waals surface area contributed by atoms with Crippen LogP contribution in [-0.2, 0) is 6.42 Å². The Morgan fingerprint density at radius 2 is 2.05 bits per heavy atom. The van der Waals surface area contributed by atoms with Gasteiger partial charge in [-0.3, -0.25) is 4.99 Å². The standard InChI is InChI=1S/C16H22N4S/c1-20(14-6-3-2-4-7-14)12-11-19-16(17)18-10-9-15-8-5-13-21-15/h2-8,13H,9-12H2,1H3,(H3,17,18,19). The van der Waals surface area contributed by atoms with E-state index in [0.29, 0.717) is 5.96 Å². The number of hydrogen-bond donors (Lipinski definition) is 2. The second-order valence-corrected chi connectivity index (χ2v) is 5.81. The molecule has 5 heteroatoms. The molecule has 0 bridgehead atoms. The number of aliphatic imine (C=N–C) groups is 1. The van der Waals surface area contributed by atoms with Crippen molar-refractivity contribution in [1.29, 1.82) is 0 Å². The third-order valence-electron chi connectivity index (χ3n) is 3.17. The van der Waals surface area contributed by atoms with Gasteiger partial charge in [-0.05, 0) is 23.6 Å². The van der Waals surface area contributed by atoms with E-state index < -0.39 is 0 Å². The largest absolute Gasteiger partial charge is 0.373 e. The Hall–Kier alpha value is -2.01. The number of thiophene rings is 1. The summed E-state index contributed by atoms with van der Waals surface area (Å²) in [6.45, 7) is 2.39. The minimum Gasteiger partial charge on any atom is -0.373 e. The lowest BCUT2D eigenvalue weighted by Gasteiger charge is -2.19. The van der Waals surface area contributed by atoms with Crippen molar-refractivity contribution < 1.29 is 0 Å². The molecule has 1 aromatic carbocycles. The molecule has 0 saturated heterocycles. The number of nitrogens with zero attached hydrogens (tertiary/aromatic N) is 2. The van der Waals surface area contributed by atoms with Crippen LogP contribution < -0.4 is 16.0 Å². The van der Waals surface area contributed by atoms with Crippen LogP contribution in [0, 0.1) is 0 Å². The van der Waals surface area contributed by atoms with Gasteiger partial charge < -0.3 is 16.0 Å². The number of rotatable bonds is 7. The monoisotopic (exact) mass is 302 g/mol. The Balaban J connectivity index is 1.65. The Kier molecular flexibility index (Phi) is 6.09. The minimum atomic E-state index is 0.521. The summed E-state index contributed by atoms with van der Waals surface area (Å²) in [4.78, 5) is 7.87. The van der Waals surface area contributed by atoms with Crippen LogP contribution in [-0.4, -0.2) is 32.6 Å². The van der Waals surface area contributed by atoms with Gasteiger partial charge in [-0.15, -0.1) is 11.3 Å². The maximum Gasteiger partial charge on any atom is 0.188 e. The normalized spacial score (nSPS) is 11.4. The van der Waals surface area contributed by atoms with E-state index >= 15 is 0 Å². The van der Waals surface area contributed by atoms with E-state index in [1.54, 1.807) is 11.3 Å². The van der Waals surface area contributed by atoms with Gasteiger partial charge in [0.05, 0.1) is 0 Å². The highest BCUT2D eigenvalue weighted by atomic mass is 32.1. The van der Waals surface area contributed by atoms with Gasteiger partial charge in [0.25, 0.3) is 0 Å². The number of hydrogen-bond acceptors (Lipinski definition) is 3. The summed E-state index contributed by atoms with van der Waals surface area (Å²) in [6.07, 6.45) is 0.948. The van der Waals surface area contributed by atoms with Gasteiger partial charge in [-0.2, -0.15) is 0 Å². The molecule has 0 radical (unpaired) electrons. The van der Waals surface area contributed by atoms with Crippen molar-refractivity contribution in [3.8, 4) is 0 Å². The van der Waals surface area contributed by atoms with Crippen LogP contribution in [0.2, 0.25) is 0 Å². The number of likely N-dealkylation sites (N-methyl/N-ethyl adjacent to an activating group) is 1. The first-order valence-corrected chi connectivity index (χ1v) is 7.96. The average molecular weight is 302 g/mol. The Labute approximate surface area is 130 Å². The predicted molar refractivity (Wildman–Crippen MR) is 92.2 cm³/mol. The molecule has 3 N–H and O–H groups in total. The molecular weight excluding hydrogens is 280 g/mol.